The molecule has 3 heterocycles. The molecule has 0 spiro atoms. The van der Waals surface area contributed by atoms with E-state index in [4.69, 9.17) is 0 Å². The molecule has 25 heavy (non-hydrogen) atoms. The fourth-order valence-electron chi connectivity index (χ4n) is 3.94. The summed E-state index contributed by atoms with van der Waals surface area (Å²) >= 11 is 0. The SMILES string of the molecule is O=C(CN1CCC(c2ccccc2)C1)N1CCc2cc(=O)[nH]cc2C1. The molecule has 2 aliphatic heterocycles. The molecular weight excluding hydrogens is 314 g/mol. The van der Waals surface area contributed by atoms with Crippen LogP contribution in [0.15, 0.2) is 47.4 Å². The highest BCUT2D eigenvalue weighted by Crippen LogP contribution is 2.27. The average molecular weight is 337 g/mol. The second-order valence-corrected chi connectivity index (χ2v) is 7.04. The third-order valence-electron chi connectivity index (χ3n) is 5.37. The van der Waals surface area contributed by atoms with Crippen molar-refractivity contribution in [2.24, 2.45) is 0 Å². The summed E-state index contributed by atoms with van der Waals surface area (Å²) in [5, 5.41) is 0. The number of pyridine rings is 1. The molecule has 4 rings (SSSR count). The summed E-state index contributed by atoms with van der Waals surface area (Å²) in [4.78, 5) is 31.0. The van der Waals surface area contributed by atoms with Crippen LogP contribution in [0.4, 0.5) is 0 Å². The summed E-state index contributed by atoms with van der Waals surface area (Å²) < 4.78 is 0. The first-order valence-electron chi connectivity index (χ1n) is 8.94. The number of nitrogens with zero attached hydrogens (tertiary/aromatic N) is 2. The highest BCUT2D eigenvalue weighted by atomic mass is 16.2. The fraction of sp³-hybridized carbons (Fsp3) is 0.400. The van der Waals surface area contributed by atoms with Crippen molar-refractivity contribution in [3.05, 3.63) is 69.6 Å². The maximum absolute atomic E-state index is 12.7. The predicted molar refractivity (Wildman–Crippen MR) is 96.4 cm³/mol. The van der Waals surface area contributed by atoms with E-state index in [1.165, 1.54) is 5.56 Å². The number of fused-ring (bicyclic) bond motifs is 1. The van der Waals surface area contributed by atoms with E-state index in [1.54, 1.807) is 12.3 Å². The third-order valence-corrected chi connectivity index (χ3v) is 5.37. The number of hydrogen-bond acceptors (Lipinski definition) is 3. The Kier molecular flexibility index (Phi) is 4.40. The van der Waals surface area contributed by atoms with E-state index >= 15 is 0 Å². The first-order chi connectivity index (χ1) is 12.2. The van der Waals surface area contributed by atoms with Gasteiger partial charge in [0.2, 0.25) is 11.5 Å². The molecule has 1 aromatic carbocycles. The number of benzene rings is 1. The van der Waals surface area contributed by atoms with E-state index in [1.807, 2.05) is 11.0 Å². The lowest BCUT2D eigenvalue weighted by Gasteiger charge is -2.30. The van der Waals surface area contributed by atoms with Gasteiger partial charge in [-0.05, 0) is 42.0 Å². The van der Waals surface area contributed by atoms with Crippen molar-refractivity contribution in [3.8, 4) is 0 Å². The summed E-state index contributed by atoms with van der Waals surface area (Å²) in [6.07, 6.45) is 3.62. The van der Waals surface area contributed by atoms with Gasteiger partial charge < -0.3 is 9.88 Å². The summed E-state index contributed by atoms with van der Waals surface area (Å²) in [5.74, 6) is 0.715. The Morgan fingerprint density at radius 2 is 2.00 bits per heavy atom. The number of rotatable bonds is 3. The average Bonchev–Trinajstić information content (AvgIpc) is 3.10. The zero-order valence-corrected chi connectivity index (χ0v) is 14.3. The van der Waals surface area contributed by atoms with Gasteiger partial charge in [-0.25, -0.2) is 0 Å². The lowest BCUT2D eigenvalue weighted by atomic mass is 9.99. The summed E-state index contributed by atoms with van der Waals surface area (Å²) in [6, 6.07) is 12.2. The smallest absolute Gasteiger partial charge is 0.248 e. The van der Waals surface area contributed by atoms with Crippen LogP contribution in [-0.2, 0) is 17.8 Å². The first-order valence-corrected chi connectivity index (χ1v) is 8.94. The zero-order chi connectivity index (χ0) is 17.2. The standard InChI is InChI=1S/C20H23N3O2/c24-19-10-16-7-9-23(13-18(16)11-21-19)20(25)14-22-8-6-17(12-22)15-4-2-1-3-5-15/h1-5,10-11,17H,6-9,12-14H2,(H,21,24). The molecule has 0 saturated carbocycles. The molecule has 130 valence electrons. The van der Waals surface area contributed by atoms with Crippen LogP contribution in [0.5, 0.6) is 0 Å². The Balaban J connectivity index is 1.35. The van der Waals surface area contributed by atoms with Gasteiger partial charge in [0.05, 0.1) is 6.54 Å². The molecule has 0 radical (unpaired) electrons. The van der Waals surface area contributed by atoms with Crippen LogP contribution >= 0.6 is 0 Å². The van der Waals surface area contributed by atoms with Gasteiger partial charge in [-0.15, -0.1) is 0 Å². The first kappa shape index (κ1) is 16.1. The van der Waals surface area contributed by atoms with Crippen molar-refractivity contribution in [1.82, 2.24) is 14.8 Å². The second kappa shape index (κ2) is 6.84. The van der Waals surface area contributed by atoms with E-state index in [-0.39, 0.29) is 11.5 Å². The van der Waals surface area contributed by atoms with Crippen LogP contribution in [0, 0.1) is 0 Å². The number of carbonyl (C=O) groups excluding carboxylic acids is 1. The van der Waals surface area contributed by atoms with Crippen LogP contribution in [0.1, 0.15) is 29.0 Å². The largest absolute Gasteiger partial charge is 0.337 e. The maximum atomic E-state index is 12.7. The Bertz CT molecular complexity index is 815. The minimum absolute atomic E-state index is 0.0671. The Morgan fingerprint density at radius 1 is 1.16 bits per heavy atom. The highest BCUT2D eigenvalue weighted by molar-refractivity contribution is 5.78. The van der Waals surface area contributed by atoms with Gasteiger partial charge in [-0.2, -0.15) is 0 Å². The van der Waals surface area contributed by atoms with Crippen molar-refractivity contribution in [2.75, 3.05) is 26.2 Å². The number of H-pyrrole nitrogens is 1. The van der Waals surface area contributed by atoms with Crippen LogP contribution in [0.2, 0.25) is 0 Å². The minimum atomic E-state index is -0.0671. The van der Waals surface area contributed by atoms with Crippen molar-refractivity contribution in [3.63, 3.8) is 0 Å². The number of hydrogen-bond donors (Lipinski definition) is 1. The van der Waals surface area contributed by atoms with Crippen molar-refractivity contribution in [2.45, 2.75) is 25.3 Å². The molecule has 1 atom stereocenters. The van der Waals surface area contributed by atoms with E-state index in [9.17, 15) is 9.59 Å². The van der Waals surface area contributed by atoms with Gasteiger partial charge in [-0.1, -0.05) is 30.3 Å². The normalized spacial score (nSPS) is 20.5. The van der Waals surface area contributed by atoms with Gasteiger partial charge in [0.25, 0.3) is 0 Å². The van der Waals surface area contributed by atoms with Gasteiger partial charge in [-0.3, -0.25) is 14.5 Å². The number of nitrogens with one attached hydrogen (secondary N) is 1. The molecule has 1 saturated heterocycles. The molecular formula is C20H23N3O2. The summed E-state index contributed by atoms with van der Waals surface area (Å²) in [7, 11) is 0. The number of likely N-dealkylation sites (tertiary alicyclic amines) is 1. The number of amides is 1. The van der Waals surface area contributed by atoms with E-state index in [0.717, 1.165) is 37.1 Å². The third kappa shape index (κ3) is 3.51. The summed E-state index contributed by atoms with van der Waals surface area (Å²) in [5.41, 5.74) is 3.43. The lowest BCUT2D eigenvalue weighted by molar-refractivity contribution is -0.133. The molecule has 5 nitrogen and oxygen atoms in total. The molecule has 1 fully saturated rings. The zero-order valence-electron chi connectivity index (χ0n) is 14.3. The van der Waals surface area contributed by atoms with Crippen molar-refractivity contribution in [1.29, 1.82) is 0 Å². The summed E-state index contributed by atoms with van der Waals surface area (Å²) in [6.45, 7) is 3.71. The van der Waals surface area contributed by atoms with Gasteiger partial charge >= 0.3 is 0 Å². The number of aromatic amines is 1. The Morgan fingerprint density at radius 3 is 2.84 bits per heavy atom. The van der Waals surface area contributed by atoms with Gasteiger partial charge in [0.15, 0.2) is 0 Å². The fourth-order valence-corrected chi connectivity index (χ4v) is 3.94. The van der Waals surface area contributed by atoms with E-state index in [0.29, 0.717) is 25.6 Å². The molecule has 1 aromatic heterocycles. The molecule has 2 aliphatic rings. The topological polar surface area (TPSA) is 56.4 Å². The molecule has 1 unspecified atom stereocenters. The molecule has 0 bridgehead atoms. The molecule has 1 N–H and O–H groups in total. The Hall–Kier alpha value is -2.40. The molecule has 2 aromatic rings. The van der Waals surface area contributed by atoms with Crippen LogP contribution in [-0.4, -0.2) is 46.9 Å². The van der Waals surface area contributed by atoms with Gasteiger partial charge in [0.1, 0.15) is 0 Å². The molecule has 1 amide bonds. The van der Waals surface area contributed by atoms with Crippen LogP contribution < -0.4 is 5.56 Å². The van der Waals surface area contributed by atoms with E-state index < -0.39 is 0 Å². The monoisotopic (exact) mass is 337 g/mol. The highest BCUT2D eigenvalue weighted by Gasteiger charge is 2.28. The second-order valence-electron chi connectivity index (χ2n) is 7.04. The quantitative estimate of drug-likeness (QED) is 0.928. The van der Waals surface area contributed by atoms with Gasteiger partial charge in [0, 0.05) is 31.9 Å². The van der Waals surface area contributed by atoms with Crippen LogP contribution in [0.3, 0.4) is 0 Å². The van der Waals surface area contributed by atoms with Crippen molar-refractivity contribution < 1.29 is 4.79 Å². The minimum Gasteiger partial charge on any atom is -0.337 e. The maximum Gasteiger partial charge on any atom is 0.248 e. The Labute approximate surface area is 147 Å². The number of aromatic nitrogens is 1. The molecule has 0 aliphatic carbocycles. The lowest BCUT2D eigenvalue weighted by Crippen LogP contribution is -2.42. The van der Waals surface area contributed by atoms with Crippen molar-refractivity contribution >= 4 is 5.91 Å². The van der Waals surface area contributed by atoms with Crippen LogP contribution in [0.25, 0.3) is 0 Å². The van der Waals surface area contributed by atoms with E-state index in [2.05, 4.69) is 34.1 Å². The number of carbonyl (C=O) groups is 1. The molecule has 5 heteroatoms. The predicted octanol–water partition coefficient (Wildman–Crippen LogP) is 1.75.